The summed E-state index contributed by atoms with van der Waals surface area (Å²) in [6, 6.07) is 3.39. The smallest absolute Gasteiger partial charge is 0.242 e. The van der Waals surface area contributed by atoms with Crippen LogP contribution in [-0.2, 0) is 10.0 Å². The number of aliphatic hydroxyl groups excluding tert-OH is 1. The number of aliphatic hydroxyl groups is 1. The van der Waals surface area contributed by atoms with Gasteiger partial charge in [0.25, 0.3) is 0 Å². The van der Waals surface area contributed by atoms with E-state index < -0.39 is 16.1 Å². The monoisotopic (exact) mass is 311 g/mol. The number of H-pyrrole nitrogens is 1. The van der Waals surface area contributed by atoms with Gasteiger partial charge in [-0.25, -0.2) is 18.1 Å². The van der Waals surface area contributed by atoms with Gasteiger partial charge in [-0.15, -0.1) is 0 Å². The fourth-order valence-corrected chi connectivity index (χ4v) is 3.64. The van der Waals surface area contributed by atoms with Crippen molar-refractivity contribution in [3.05, 3.63) is 24.5 Å². The highest BCUT2D eigenvalue weighted by Crippen LogP contribution is 2.21. The van der Waals surface area contributed by atoms with E-state index in [1.807, 2.05) is 13.8 Å². The van der Waals surface area contributed by atoms with Crippen LogP contribution in [0.3, 0.4) is 0 Å². The maximum Gasteiger partial charge on any atom is 0.242 e. The molecule has 0 aromatic carbocycles. The molecule has 0 saturated heterocycles. The Morgan fingerprint density at radius 2 is 2.10 bits per heavy atom. The molecule has 0 aliphatic rings. The van der Waals surface area contributed by atoms with Gasteiger partial charge in [-0.1, -0.05) is 26.7 Å². The molecule has 0 radical (unpaired) electrons. The van der Waals surface area contributed by atoms with Crippen LogP contribution in [0.15, 0.2) is 29.4 Å². The normalized spacial score (nSPS) is 13.9. The SMILES string of the molecule is CCC(CC)[C@@H](O)CNS(=O)(=O)c1c[nH]c2ncccc12. The Morgan fingerprint density at radius 1 is 1.38 bits per heavy atom. The molecule has 0 fully saturated rings. The zero-order valence-corrected chi connectivity index (χ0v) is 13.0. The largest absolute Gasteiger partial charge is 0.391 e. The van der Waals surface area contributed by atoms with E-state index in [-0.39, 0.29) is 17.4 Å². The Labute approximate surface area is 124 Å². The average molecular weight is 311 g/mol. The van der Waals surface area contributed by atoms with Gasteiger partial charge in [0, 0.05) is 24.3 Å². The van der Waals surface area contributed by atoms with Crippen LogP contribution in [0.5, 0.6) is 0 Å². The fourth-order valence-electron chi connectivity index (χ4n) is 2.43. The fraction of sp³-hybridized carbons (Fsp3) is 0.500. The predicted octanol–water partition coefficient (Wildman–Crippen LogP) is 1.64. The van der Waals surface area contributed by atoms with Crippen LogP contribution >= 0.6 is 0 Å². The van der Waals surface area contributed by atoms with Crippen molar-refractivity contribution in [2.24, 2.45) is 5.92 Å². The zero-order valence-electron chi connectivity index (χ0n) is 12.2. The van der Waals surface area contributed by atoms with Crippen molar-refractivity contribution in [3.8, 4) is 0 Å². The van der Waals surface area contributed by atoms with Crippen molar-refractivity contribution < 1.29 is 13.5 Å². The molecule has 3 N–H and O–H groups in total. The third-order valence-corrected chi connectivity index (χ3v) is 5.24. The molecule has 0 spiro atoms. The average Bonchev–Trinajstić information content (AvgIpc) is 2.91. The van der Waals surface area contributed by atoms with Gasteiger partial charge in [-0.3, -0.25) is 0 Å². The molecule has 0 aliphatic heterocycles. The van der Waals surface area contributed by atoms with E-state index in [1.54, 1.807) is 18.3 Å². The molecule has 2 aromatic rings. The van der Waals surface area contributed by atoms with Gasteiger partial charge in [0.15, 0.2) is 0 Å². The van der Waals surface area contributed by atoms with E-state index in [4.69, 9.17) is 0 Å². The van der Waals surface area contributed by atoms with E-state index in [0.717, 1.165) is 12.8 Å². The number of sulfonamides is 1. The van der Waals surface area contributed by atoms with Crippen LogP contribution in [-0.4, -0.2) is 36.1 Å². The number of aromatic nitrogens is 2. The van der Waals surface area contributed by atoms with Gasteiger partial charge in [0.1, 0.15) is 10.5 Å². The van der Waals surface area contributed by atoms with Crippen LogP contribution < -0.4 is 4.72 Å². The Bertz CT molecular complexity index is 692. The second-order valence-corrected chi connectivity index (χ2v) is 6.78. The van der Waals surface area contributed by atoms with Crippen molar-refractivity contribution >= 4 is 21.1 Å². The van der Waals surface area contributed by atoms with Crippen LogP contribution in [0.2, 0.25) is 0 Å². The van der Waals surface area contributed by atoms with E-state index in [2.05, 4.69) is 14.7 Å². The van der Waals surface area contributed by atoms with E-state index >= 15 is 0 Å². The number of aromatic amines is 1. The number of hydrogen-bond donors (Lipinski definition) is 3. The van der Waals surface area contributed by atoms with Crippen molar-refractivity contribution in [1.29, 1.82) is 0 Å². The Morgan fingerprint density at radius 3 is 2.76 bits per heavy atom. The van der Waals surface area contributed by atoms with Gasteiger partial charge in [0.2, 0.25) is 10.0 Å². The Hall–Kier alpha value is -1.44. The quantitative estimate of drug-likeness (QED) is 0.724. The van der Waals surface area contributed by atoms with Crippen molar-refractivity contribution in [3.63, 3.8) is 0 Å². The van der Waals surface area contributed by atoms with Crippen molar-refractivity contribution in [1.82, 2.24) is 14.7 Å². The molecular weight excluding hydrogens is 290 g/mol. The van der Waals surface area contributed by atoms with Crippen LogP contribution in [0.4, 0.5) is 0 Å². The molecule has 21 heavy (non-hydrogen) atoms. The predicted molar refractivity (Wildman–Crippen MR) is 81.4 cm³/mol. The molecule has 6 nitrogen and oxygen atoms in total. The minimum atomic E-state index is -3.67. The minimum absolute atomic E-state index is 0.0155. The van der Waals surface area contributed by atoms with Crippen LogP contribution in [0.1, 0.15) is 26.7 Å². The molecule has 0 unspecified atom stereocenters. The second kappa shape index (κ2) is 6.55. The Kier molecular flexibility index (Phi) is 4.97. The maximum absolute atomic E-state index is 12.3. The first-order valence-corrected chi connectivity index (χ1v) is 8.57. The number of rotatable bonds is 7. The highest BCUT2D eigenvalue weighted by atomic mass is 32.2. The lowest BCUT2D eigenvalue weighted by Gasteiger charge is -2.20. The van der Waals surface area contributed by atoms with Gasteiger partial charge < -0.3 is 10.1 Å². The lowest BCUT2D eigenvalue weighted by atomic mass is 9.97. The summed E-state index contributed by atoms with van der Waals surface area (Å²) in [5, 5.41) is 10.6. The molecule has 7 heteroatoms. The van der Waals surface area contributed by atoms with Gasteiger partial charge in [0.05, 0.1) is 6.10 Å². The number of pyridine rings is 1. The molecule has 116 valence electrons. The van der Waals surface area contributed by atoms with E-state index in [0.29, 0.717) is 11.0 Å². The summed E-state index contributed by atoms with van der Waals surface area (Å²) in [6.07, 6.45) is 3.97. The van der Waals surface area contributed by atoms with Gasteiger partial charge in [-0.05, 0) is 18.1 Å². The zero-order chi connectivity index (χ0) is 15.5. The summed E-state index contributed by atoms with van der Waals surface area (Å²) < 4.78 is 27.2. The number of nitrogens with zero attached hydrogens (tertiary/aromatic N) is 1. The summed E-state index contributed by atoms with van der Waals surface area (Å²) in [6.45, 7) is 3.98. The van der Waals surface area contributed by atoms with Crippen molar-refractivity contribution in [2.75, 3.05) is 6.54 Å². The molecule has 0 bridgehead atoms. The topological polar surface area (TPSA) is 95.1 Å². The van der Waals surface area contributed by atoms with E-state index in [1.165, 1.54) is 6.20 Å². The number of nitrogens with one attached hydrogen (secondary N) is 2. The summed E-state index contributed by atoms with van der Waals surface area (Å²) >= 11 is 0. The van der Waals surface area contributed by atoms with Gasteiger partial charge in [-0.2, -0.15) is 0 Å². The standard InChI is InChI=1S/C14H21N3O3S/c1-3-10(4-2)12(18)8-17-21(19,20)13-9-16-14-11(13)6-5-7-15-14/h5-7,9-10,12,17-18H,3-4,8H2,1-2H3,(H,15,16)/t12-/m0/s1. The van der Waals surface area contributed by atoms with Crippen LogP contribution in [0.25, 0.3) is 11.0 Å². The first-order chi connectivity index (χ1) is 9.99. The first kappa shape index (κ1) is 15.9. The molecule has 2 aromatic heterocycles. The third kappa shape index (κ3) is 3.42. The molecule has 0 amide bonds. The third-order valence-electron chi connectivity index (χ3n) is 3.78. The lowest BCUT2D eigenvalue weighted by Crippen LogP contribution is -2.36. The van der Waals surface area contributed by atoms with Crippen molar-refractivity contribution in [2.45, 2.75) is 37.7 Å². The Balaban J connectivity index is 2.16. The molecule has 1 atom stereocenters. The summed E-state index contributed by atoms with van der Waals surface area (Å²) in [5.41, 5.74) is 0.526. The molecule has 2 rings (SSSR count). The molecule has 0 saturated carbocycles. The molecular formula is C14H21N3O3S. The van der Waals surface area contributed by atoms with Crippen LogP contribution in [0, 0.1) is 5.92 Å². The summed E-state index contributed by atoms with van der Waals surface area (Å²) in [5.74, 6) is 0.0948. The number of fused-ring (bicyclic) bond motifs is 1. The maximum atomic E-state index is 12.3. The summed E-state index contributed by atoms with van der Waals surface area (Å²) in [4.78, 5) is 7.06. The first-order valence-electron chi connectivity index (χ1n) is 7.09. The van der Waals surface area contributed by atoms with Gasteiger partial charge >= 0.3 is 0 Å². The molecule has 0 aliphatic carbocycles. The highest BCUT2D eigenvalue weighted by molar-refractivity contribution is 7.89. The highest BCUT2D eigenvalue weighted by Gasteiger charge is 2.22. The lowest BCUT2D eigenvalue weighted by molar-refractivity contribution is 0.107. The second-order valence-electron chi connectivity index (χ2n) is 5.05. The minimum Gasteiger partial charge on any atom is -0.391 e. The van der Waals surface area contributed by atoms with E-state index in [9.17, 15) is 13.5 Å². The number of hydrogen-bond acceptors (Lipinski definition) is 4. The molecule has 2 heterocycles. The summed E-state index contributed by atoms with van der Waals surface area (Å²) in [7, 11) is -3.67.